The van der Waals surface area contributed by atoms with Crippen LogP contribution in [0.25, 0.3) is 0 Å². The topological polar surface area (TPSA) is 38.3 Å². The van der Waals surface area contributed by atoms with Gasteiger partial charge in [0.05, 0.1) is 4.88 Å². The predicted octanol–water partition coefficient (Wildman–Crippen LogP) is 5.81. The molecule has 0 fully saturated rings. The normalized spacial score (nSPS) is 10.6. The van der Waals surface area contributed by atoms with Crippen LogP contribution in [0.3, 0.4) is 0 Å². The number of carbonyl (C=O) groups excluding carboxylic acids is 1. The summed E-state index contributed by atoms with van der Waals surface area (Å²) in [6.07, 6.45) is 0. The van der Waals surface area contributed by atoms with Crippen LogP contribution < -0.4 is 10.1 Å². The van der Waals surface area contributed by atoms with E-state index in [-0.39, 0.29) is 5.91 Å². The lowest BCUT2D eigenvalue weighted by Gasteiger charge is -2.11. The molecule has 3 rings (SSSR count). The summed E-state index contributed by atoms with van der Waals surface area (Å²) < 4.78 is 5.97. The average Bonchev–Trinajstić information content (AvgIpc) is 3.02. The molecule has 26 heavy (non-hydrogen) atoms. The Morgan fingerprint density at radius 3 is 2.31 bits per heavy atom. The molecule has 0 saturated heterocycles. The maximum absolute atomic E-state index is 12.5. The minimum atomic E-state index is -0.0849. The third-order valence-electron chi connectivity index (χ3n) is 4.15. The Morgan fingerprint density at radius 2 is 1.65 bits per heavy atom. The molecule has 1 N–H and O–H groups in total. The first-order valence-electron chi connectivity index (χ1n) is 8.58. The van der Waals surface area contributed by atoms with E-state index in [4.69, 9.17) is 4.74 Å². The highest BCUT2D eigenvalue weighted by Crippen LogP contribution is 2.25. The van der Waals surface area contributed by atoms with E-state index in [0.717, 1.165) is 39.3 Å². The van der Waals surface area contributed by atoms with Crippen LogP contribution in [0.1, 0.15) is 37.5 Å². The van der Waals surface area contributed by atoms with Gasteiger partial charge >= 0.3 is 0 Å². The number of carbonyl (C=O) groups is 1. The molecular weight excluding hydrogens is 342 g/mol. The van der Waals surface area contributed by atoms with Crippen LogP contribution in [-0.4, -0.2) is 5.91 Å². The van der Waals surface area contributed by atoms with E-state index in [0.29, 0.717) is 11.5 Å². The zero-order chi connectivity index (χ0) is 18.7. The van der Waals surface area contributed by atoms with Crippen molar-refractivity contribution in [3.63, 3.8) is 0 Å². The number of benzene rings is 2. The van der Waals surface area contributed by atoms with Gasteiger partial charge in [-0.3, -0.25) is 4.79 Å². The van der Waals surface area contributed by atoms with Crippen LogP contribution in [-0.2, 0) is 6.61 Å². The first-order valence-corrected chi connectivity index (χ1v) is 9.46. The average molecular weight is 365 g/mol. The monoisotopic (exact) mass is 365 g/mol. The van der Waals surface area contributed by atoms with Gasteiger partial charge in [-0.2, -0.15) is 0 Å². The molecule has 0 unspecified atom stereocenters. The summed E-state index contributed by atoms with van der Waals surface area (Å²) in [6.45, 7) is 8.59. The number of anilines is 1. The molecule has 0 atom stereocenters. The standard InChI is InChI=1S/C22H23NO2S/c1-14-8-15(2)10-19(9-14)23-22(24)20-11-18(13-26-20)12-25-21-16(3)6-5-7-17(21)4/h5-11,13H,12H2,1-4H3,(H,23,24). The lowest BCUT2D eigenvalue weighted by molar-refractivity contribution is 0.103. The smallest absolute Gasteiger partial charge is 0.265 e. The first-order chi connectivity index (χ1) is 12.4. The van der Waals surface area contributed by atoms with E-state index in [9.17, 15) is 4.79 Å². The Bertz CT molecular complexity index is 903. The summed E-state index contributed by atoms with van der Waals surface area (Å²) in [5, 5.41) is 4.95. The van der Waals surface area contributed by atoms with Crippen LogP contribution in [0, 0.1) is 27.7 Å². The van der Waals surface area contributed by atoms with Crippen molar-refractivity contribution in [3.05, 3.63) is 80.5 Å². The number of hydrogen-bond acceptors (Lipinski definition) is 3. The van der Waals surface area contributed by atoms with Crippen molar-refractivity contribution in [3.8, 4) is 5.75 Å². The molecule has 3 aromatic rings. The van der Waals surface area contributed by atoms with Crippen LogP contribution in [0.2, 0.25) is 0 Å². The van der Waals surface area contributed by atoms with Gasteiger partial charge in [-0.1, -0.05) is 24.3 Å². The summed E-state index contributed by atoms with van der Waals surface area (Å²) in [5.41, 5.74) is 6.34. The van der Waals surface area contributed by atoms with E-state index in [1.54, 1.807) is 0 Å². The maximum Gasteiger partial charge on any atom is 0.265 e. The fourth-order valence-corrected chi connectivity index (χ4v) is 3.78. The highest BCUT2D eigenvalue weighted by molar-refractivity contribution is 7.12. The van der Waals surface area contributed by atoms with Crippen LogP contribution in [0.4, 0.5) is 5.69 Å². The molecule has 0 aliphatic heterocycles. The number of rotatable bonds is 5. The van der Waals surface area contributed by atoms with Gasteiger partial charge < -0.3 is 10.1 Å². The molecule has 4 heteroatoms. The predicted molar refractivity (Wildman–Crippen MR) is 108 cm³/mol. The van der Waals surface area contributed by atoms with Crippen molar-refractivity contribution in [2.24, 2.45) is 0 Å². The second kappa shape index (κ2) is 7.75. The largest absolute Gasteiger partial charge is 0.488 e. The van der Waals surface area contributed by atoms with E-state index >= 15 is 0 Å². The quantitative estimate of drug-likeness (QED) is 0.619. The van der Waals surface area contributed by atoms with Gasteiger partial charge in [-0.15, -0.1) is 11.3 Å². The molecule has 0 bridgehead atoms. The molecule has 3 nitrogen and oxygen atoms in total. The molecule has 0 aliphatic rings. The number of hydrogen-bond donors (Lipinski definition) is 1. The van der Waals surface area contributed by atoms with Gasteiger partial charge in [0.25, 0.3) is 5.91 Å². The molecule has 0 spiro atoms. The molecule has 1 amide bonds. The second-order valence-electron chi connectivity index (χ2n) is 6.66. The molecule has 1 heterocycles. The van der Waals surface area contributed by atoms with Crippen LogP contribution in [0.15, 0.2) is 47.8 Å². The molecule has 2 aromatic carbocycles. The van der Waals surface area contributed by atoms with Crippen molar-refractivity contribution in [2.45, 2.75) is 34.3 Å². The number of amides is 1. The summed E-state index contributed by atoms with van der Waals surface area (Å²) in [4.78, 5) is 13.2. The van der Waals surface area contributed by atoms with Crippen molar-refractivity contribution in [1.29, 1.82) is 0 Å². The minimum Gasteiger partial charge on any atom is -0.488 e. The molecule has 0 radical (unpaired) electrons. The Hall–Kier alpha value is -2.59. The van der Waals surface area contributed by atoms with Gasteiger partial charge in [0.2, 0.25) is 0 Å². The van der Waals surface area contributed by atoms with E-state index < -0.39 is 0 Å². The SMILES string of the molecule is Cc1cc(C)cc(NC(=O)c2cc(COc3c(C)cccc3C)cs2)c1. The van der Waals surface area contributed by atoms with Crippen molar-refractivity contribution in [1.82, 2.24) is 0 Å². The summed E-state index contributed by atoms with van der Waals surface area (Å²) >= 11 is 1.44. The summed E-state index contributed by atoms with van der Waals surface area (Å²) in [5.74, 6) is 0.832. The molecule has 0 aliphatic carbocycles. The highest BCUT2D eigenvalue weighted by Gasteiger charge is 2.11. The number of thiophene rings is 1. The van der Waals surface area contributed by atoms with Gasteiger partial charge in [0.15, 0.2) is 0 Å². The Morgan fingerprint density at radius 1 is 1.00 bits per heavy atom. The highest BCUT2D eigenvalue weighted by atomic mass is 32.1. The Labute approximate surface area is 158 Å². The van der Waals surface area contributed by atoms with Gasteiger partial charge in [-0.05, 0) is 73.5 Å². The van der Waals surface area contributed by atoms with Crippen molar-refractivity contribution < 1.29 is 9.53 Å². The van der Waals surface area contributed by atoms with Gasteiger partial charge in [0.1, 0.15) is 12.4 Å². The van der Waals surface area contributed by atoms with Gasteiger partial charge in [0, 0.05) is 11.3 Å². The lowest BCUT2D eigenvalue weighted by Crippen LogP contribution is -2.10. The Balaban J connectivity index is 1.66. The van der Waals surface area contributed by atoms with Crippen molar-refractivity contribution >= 4 is 22.9 Å². The fraction of sp³-hybridized carbons (Fsp3) is 0.227. The number of nitrogens with one attached hydrogen (secondary N) is 1. The molecule has 1 aromatic heterocycles. The third kappa shape index (κ3) is 4.33. The number of para-hydroxylation sites is 1. The van der Waals surface area contributed by atoms with Crippen LogP contribution >= 0.6 is 11.3 Å². The third-order valence-corrected chi connectivity index (χ3v) is 5.13. The fourth-order valence-electron chi connectivity index (χ4n) is 2.99. The molecule has 134 valence electrons. The zero-order valence-corrected chi connectivity index (χ0v) is 16.4. The van der Waals surface area contributed by atoms with E-state index in [1.165, 1.54) is 11.3 Å². The maximum atomic E-state index is 12.5. The van der Waals surface area contributed by atoms with Crippen molar-refractivity contribution in [2.75, 3.05) is 5.32 Å². The first kappa shape index (κ1) is 18.2. The Kier molecular flexibility index (Phi) is 5.43. The second-order valence-corrected chi connectivity index (χ2v) is 7.57. The van der Waals surface area contributed by atoms with Crippen LogP contribution in [0.5, 0.6) is 5.75 Å². The summed E-state index contributed by atoms with van der Waals surface area (Å²) in [7, 11) is 0. The molecule has 0 saturated carbocycles. The lowest BCUT2D eigenvalue weighted by atomic mass is 10.1. The zero-order valence-electron chi connectivity index (χ0n) is 15.6. The minimum absolute atomic E-state index is 0.0849. The van der Waals surface area contributed by atoms with E-state index in [1.807, 2.05) is 69.5 Å². The van der Waals surface area contributed by atoms with E-state index in [2.05, 4.69) is 11.4 Å². The molecular formula is C22H23NO2S. The summed E-state index contributed by atoms with van der Waals surface area (Å²) in [6, 6.07) is 14.0. The number of aryl methyl sites for hydroxylation is 4. The van der Waals surface area contributed by atoms with Gasteiger partial charge in [-0.25, -0.2) is 0 Å². The number of ether oxygens (including phenoxy) is 1.